The molecule has 0 bridgehead atoms. The van der Waals surface area contributed by atoms with Crippen molar-refractivity contribution < 1.29 is 5.11 Å². The lowest BCUT2D eigenvalue weighted by Gasteiger charge is -2.22. The van der Waals surface area contributed by atoms with Gasteiger partial charge in [-0.3, -0.25) is 0 Å². The molecule has 1 aliphatic rings. The van der Waals surface area contributed by atoms with Crippen molar-refractivity contribution in [2.24, 2.45) is 5.92 Å². The lowest BCUT2D eigenvalue weighted by atomic mass is 10.0. The molecular weight excluding hydrogens is 281 g/mol. The standard InChI is InChI=1S/C15H21Cl2NO/c1-2-14(10-6-7-12(16)13(17)8-10)18-9-11-4-3-5-15(11)19/h6-8,11,14-15,18-19H,2-5,9H2,1H3. The van der Waals surface area contributed by atoms with E-state index in [1.54, 1.807) is 0 Å². The van der Waals surface area contributed by atoms with Crippen LogP contribution in [0.4, 0.5) is 0 Å². The number of aliphatic hydroxyl groups is 1. The molecule has 0 saturated heterocycles. The van der Waals surface area contributed by atoms with Gasteiger partial charge in [-0.05, 0) is 42.9 Å². The number of benzene rings is 1. The number of rotatable bonds is 5. The minimum atomic E-state index is -0.140. The van der Waals surface area contributed by atoms with E-state index in [4.69, 9.17) is 23.2 Å². The van der Waals surface area contributed by atoms with Gasteiger partial charge in [0.2, 0.25) is 0 Å². The van der Waals surface area contributed by atoms with Crippen molar-refractivity contribution in [1.29, 1.82) is 0 Å². The molecule has 2 N–H and O–H groups in total. The molecule has 1 fully saturated rings. The van der Waals surface area contributed by atoms with E-state index in [-0.39, 0.29) is 12.1 Å². The zero-order valence-corrected chi connectivity index (χ0v) is 12.7. The fourth-order valence-corrected chi connectivity index (χ4v) is 3.08. The maximum absolute atomic E-state index is 9.85. The molecule has 0 amide bonds. The summed E-state index contributed by atoms with van der Waals surface area (Å²) >= 11 is 12.0. The molecule has 1 aromatic carbocycles. The van der Waals surface area contributed by atoms with Gasteiger partial charge in [0.05, 0.1) is 16.1 Å². The van der Waals surface area contributed by atoms with Gasteiger partial charge < -0.3 is 10.4 Å². The Morgan fingerprint density at radius 3 is 2.68 bits per heavy atom. The molecule has 0 heterocycles. The van der Waals surface area contributed by atoms with Crippen LogP contribution in [0.25, 0.3) is 0 Å². The van der Waals surface area contributed by atoms with Crippen LogP contribution in [-0.4, -0.2) is 17.8 Å². The highest BCUT2D eigenvalue weighted by Gasteiger charge is 2.25. The summed E-state index contributed by atoms with van der Waals surface area (Å²) in [7, 11) is 0. The first kappa shape index (κ1) is 15.1. The van der Waals surface area contributed by atoms with E-state index in [9.17, 15) is 5.11 Å². The van der Waals surface area contributed by atoms with Crippen molar-refractivity contribution in [1.82, 2.24) is 5.32 Å². The molecule has 0 radical (unpaired) electrons. The number of aliphatic hydroxyl groups excluding tert-OH is 1. The Morgan fingerprint density at radius 2 is 2.11 bits per heavy atom. The van der Waals surface area contributed by atoms with Crippen LogP contribution in [0.15, 0.2) is 18.2 Å². The first-order valence-electron chi connectivity index (χ1n) is 6.98. The number of hydrogen-bond acceptors (Lipinski definition) is 2. The molecule has 2 nitrogen and oxygen atoms in total. The Bertz CT molecular complexity index is 425. The monoisotopic (exact) mass is 301 g/mol. The molecule has 2 rings (SSSR count). The summed E-state index contributed by atoms with van der Waals surface area (Å²) in [5.41, 5.74) is 1.16. The summed E-state index contributed by atoms with van der Waals surface area (Å²) in [6.45, 7) is 3.01. The zero-order chi connectivity index (χ0) is 13.8. The Kier molecular flexibility index (Phi) is 5.52. The van der Waals surface area contributed by atoms with E-state index in [1.807, 2.05) is 18.2 Å². The van der Waals surface area contributed by atoms with Crippen LogP contribution in [-0.2, 0) is 0 Å². The highest BCUT2D eigenvalue weighted by Crippen LogP contribution is 2.28. The van der Waals surface area contributed by atoms with E-state index in [1.165, 1.54) is 0 Å². The average molecular weight is 302 g/mol. The van der Waals surface area contributed by atoms with Crippen LogP contribution < -0.4 is 5.32 Å². The van der Waals surface area contributed by atoms with Crippen LogP contribution in [0.3, 0.4) is 0 Å². The van der Waals surface area contributed by atoms with E-state index >= 15 is 0 Å². The minimum Gasteiger partial charge on any atom is -0.393 e. The molecule has 0 aromatic heterocycles. The van der Waals surface area contributed by atoms with Gasteiger partial charge >= 0.3 is 0 Å². The van der Waals surface area contributed by atoms with Gasteiger partial charge in [0, 0.05) is 12.6 Å². The molecule has 3 atom stereocenters. The second kappa shape index (κ2) is 6.94. The summed E-state index contributed by atoms with van der Waals surface area (Å²) in [5.74, 6) is 0.386. The van der Waals surface area contributed by atoms with Crippen LogP contribution >= 0.6 is 23.2 Å². The Labute approximate surface area is 125 Å². The van der Waals surface area contributed by atoms with Gasteiger partial charge in [0.15, 0.2) is 0 Å². The third kappa shape index (κ3) is 3.85. The fraction of sp³-hybridized carbons (Fsp3) is 0.600. The van der Waals surface area contributed by atoms with E-state index in [2.05, 4.69) is 12.2 Å². The molecule has 0 spiro atoms. The molecule has 0 aliphatic heterocycles. The summed E-state index contributed by atoms with van der Waals surface area (Å²) in [4.78, 5) is 0. The van der Waals surface area contributed by atoms with Crippen LogP contribution in [0, 0.1) is 5.92 Å². The molecule has 1 aliphatic carbocycles. The molecule has 3 unspecified atom stereocenters. The number of halogens is 2. The minimum absolute atomic E-state index is 0.140. The first-order chi connectivity index (χ1) is 9.11. The van der Waals surface area contributed by atoms with Crippen molar-refractivity contribution in [2.75, 3.05) is 6.54 Å². The molecule has 19 heavy (non-hydrogen) atoms. The van der Waals surface area contributed by atoms with Gasteiger partial charge in [-0.25, -0.2) is 0 Å². The topological polar surface area (TPSA) is 32.3 Å². The average Bonchev–Trinajstić information content (AvgIpc) is 2.80. The predicted molar refractivity (Wildman–Crippen MR) is 80.8 cm³/mol. The van der Waals surface area contributed by atoms with Gasteiger partial charge in [0.1, 0.15) is 0 Å². The SMILES string of the molecule is CCC(NCC1CCCC1O)c1ccc(Cl)c(Cl)c1. The predicted octanol–water partition coefficient (Wildman–Crippen LogP) is 4.20. The lowest BCUT2D eigenvalue weighted by Crippen LogP contribution is -2.30. The van der Waals surface area contributed by atoms with Gasteiger partial charge in [-0.2, -0.15) is 0 Å². The maximum atomic E-state index is 9.85. The maximum Gasteiger partial charge on any atom is 0.0595 e. The zero-order valence-electron chi connectivity index (χ0n) is 11.2. The quantitative estimate of drug-likeness (QED) is 0.854. The van der Waals surface area contributed by atoms with E-state index < -0.39 is 0 Å². The van der Waals surface area contributed by atoms with Crippen molar-refractivity contribution in [2.45, 2.75) is 44.8 Å². The van der Waals surface area contributed by atoms with Crippen LogP contribution in [0.1, 0.15) is 44.2 Å². The van der Waals surface area contributed by atoms with Crippen LogP contribution in [0.2, 0.25) is 10.0 Å². The number of nitrogens with one attached hydrogen (secondary N) is 1. The molecule has 1 saturated carbocycles. The van der Waals surface area contributed by atoms with E-state index in [0.717, 1.165) is 37.8 Å². The smallest absolute Gasteiger partial charge is 0.0595 e. The molecule has 106 valence electrons. The molecule has 1 aromatic rings. The van der Waals surface area contributed by atoms with Crippen LogP contribution in [0.5, 0.6) is 0 Å². The van der Waals surface area contributed by atoms with Crippen molar-refractivity contribution in [3.8, 4) is 0 Å². The van der Waals surface area contributed by atoms with Gasteiger partial charge in [-0.15, -0.1) is 0 Å². The summed E-state index contributed by atoms with van der Waals surface area (Å²) in [6, 6.07) is 6.05. The fourth-order valence-electron chi connectivity index (χ4n) is 2.78. The highest BCUT2D eigenvalue weighted by atomic mass is 35.5. The molecular formula is C15H21Cl2NO. The third-order valence-electron chi connectivity index (χ3n) is 4.00. The third-order valence-corrected chi connectivity index (χ3v) is 4.74. The Hall–Kier alpha value is -0.280. The summed E-state index contributed by atoms with van der Waals surface area (Å²) in [6.07, 6.45) is 4.04. The van der Waals surface area contributed by atoms with Crippen molar-refractivity contribution in [3.05, 3.63) is 33.8 Å². The number of hydrogen-bond donors (Lipinski definition) is 2. The van der Waals surface area contributed by atoms with Gasteiger partial charge in [-0.1, -0.05) is 42.6 Å². The summed E-state index contributed by atoms with van der Waals surface area (Å²) in [5, 5.41) is 14.6. The first-order valence-corrected chi connectivity index (χ1v) is 7.73. The van der Waals surface area contributed by atoms with E-state index in [0.29, 0.717) is 16.0 Å². The Balaban J connectivity index is 1.97. The van der Waals surface area contributed by atoms with Crippen molar-refractivity contribution >= 4 is 23.2 Å². The van der Waals surface area contributed by atoms with Crippen molar-refractivity contribution in [3.63, 3.8) is 0 Å². The lowest BCUT2D eigenvalue weighted by molar-refractivity contribution is 0.129. The second-order valence-electron chi connectivity index (χ2n) is 5.30. The Morgan fingerprint density at radius 1 is 1.32 bits per heavy atom. The largest absolute Gasteiger partial charge is 0.393 e. The normalized spacial score (nSPS) is 24.6. The highest BCUT2D eigenvalue weighted by molar-refractivity contribution is 6.42. The summed E-state index contributed by atoms with van der Waals surface area (Å²) < 4.78 is 0. The molecule has 4 heteroatoms. The van der Waals surface area contributed by atoms with Gasteiger partial charge in [0.25, 0.3) is 0 Å². The second-order valence-corrected chi connectivity index (χ2v) is 6.12.